The van der Waals surface area contributed by atoms with Gasteiger partial charge in [0.1, 0.15) is 11.5 Å². The molecule has 0 atom stereocenters. The number of piperidine rings is 1. The Kier molecular flexibility index (Phi) is 5.62. The van der Waals surface area contributed by atoms with Crippen molar-refractivity contribution in [1.82, 2.24) is 15.0 Å². The van der Waals surface area contributed by atoms with Gasteiger partial charge in [-0.25, -0.2) is 0 Å². The zero-order valence-electron chi connectivity index (χ0n) is 16.3. The molecule has 146 valence electrons. The summed E-state index contributed by atoms with van der Waals surface area (Å²) in [5, 5.41) is 4.12. The van der Waals surface area contributed by atoms with Gasteiger partial charge in [-0.15, -0.1) is 0 Å². The van der Waals surface area contributed by atoms with E-state index in [1.165, 1.54) is 37.7 Å². The van der Waals surface area contributed by atoms with Gasteiger partial charge in [0, 0.05) is 12.0 Å². The van der Waals surface area contributed by atoms with Crippen LogP contribution in [0.15, 0.2) is 22.7 Å². The van der Waals surface area contributed by atoms with Crippen LogP contribution in [0.2, 0.25) is 0 Å². The van der Waals surface area contributed by atoms with Crippen molar-refractivity contribution in [3.63, 3.8) is 0 Å². The van der Waals surface area contributed by atoms with Crippen LogP contribution in [-0.4, -0.2) is 42.3 Å². The molecule has 0 unspecified atom stereocenters. The Labute approximate surface area is 160 Å². The quantitative estimate of drug-likeness (QED) is 0.703. The zero-order chi connectivity index (χ0) is 18.6. The van der Waals surface area contributed by atoms with E-state index in [1.807, 2.05) is 6.07 Å². The topological polar surface area (TPSA) is 60.6 Å². The van der Waals surface area contributed by atoms with Crippen molar-refractivity contribution in [2.75, 3.05) is 27.3 Å². The van der Waals surface area contributed by atoms with E-state index < -0.39 is 0 Å². The number of hydrogen-bond donors (Lipinski definition) is 0. The first-order chi connectivity index (χ1) is 13.2. The fourth-order valence-electron chi connectivity index (χ4n) is 3.85. The molecule has 2 aliphatic rings. The highest BCUT2D eigenvalue weighted by Gasteiger charge is 2.29. The van der Waals surface area contributed by atoms with Crippen LogP contribution in [0.1, 0.15) is 55.3 Å². The minimum atomic E-state index is 0.559. The number of aromatic nitrogens is 2. The van der Waals surface area contributed by atoms with Crippen molar-refractivity contribution in [2.45, 2.75) is 51.0 Å². The monoisotopic (exact) mass is 371 g/mol. The molecule has 6 nitrogen and oxygen atoms in total. The third-order valence-corrected chi connectivity index (χ3v) is 5.74. The van der Waals surface area contributed by atoms with Crippen LogP contribution in [0.25, 0.3) is 0 Å². The molecular formula is C21H29N3O3. The predicted molar refractivity (Wildman–Crippen MR) is 102 cm³/mol. The molecule has 1 aliphatic carbocycles. The van der Waals surface area contributed by atoms with Crippen molar-refractivity contribution in [3.8, 4) is 11.5 Å². The molecule has 1 saturated heterocycles. The van der Waals surface area contributed by atoms with Crippen molar-refractivity contribution in [3.05, 3.63) is 35.5 Å². The minimum Gasteiger partial charge on any atom is -0.497 e. The summed E-state index contributed by atoms with van der Waals surface area (Å²) in [5.41, 5.74) is 1.28. The third-order valence-electron chi connectivity index (χ3n) is 5.74. The number of likely N-dealkylation sites (tertiary alicyclic amines) is 1. The molecule has 2 aromatic rings. The normalized spacial score (nSPS) is 18.6. The van der Waals surface area contributed by atoms with E-state index in [2.05, 4.69) is 27.2 Å². The second-order valence-corrected chi connectivity index (χ2v) is 7.80. The smallest absolute Gasteiger partial charge is 0.240 e. The van der Waals surface area contributed by atoms with Gasteiger partial charge in [-0.1, -0.05) is 5.16 Å². The maximum absolute atomic E-state index is 5.42. The van der Waals surface area contributed by atoms with Crippen LogP contribution in [0, 0.1) is 5.92 Å². The molecule has 0 N–H and O–H groups in total. The predicted octanol–water partition coefficient (Wildman–Crippen LogP) is 3.81. The van der Waals surface area contributed by atoms with E-state index in [-0.39, 0.29) is 0 Å². The molecule has 6 heteroatoms. The zero-order valence-corrected chi connectivity index (χ0v) is 16.3. The minimum absolute atomic E-state index is 0.559. The maximum atomic E-state index is 5.42. The molecule has 0 spiro atoms. The third kappa shape index (κ3) is 4.80. The van der Waals surface area contributed by atoms with Crippen LogP contribution >= 0.6 is 0 Å². The van der Waals surface area contributed by atoms with Crippen LogP contribution in [0.4, 0.5) is 0 Å². The first-order valence-electron chi connectivity index (χ1n) is 10.0. The molecule has 1 aliphatic heterocycles. The second-order valence-electron chi connectivity index (χ2n) is 7.80. The van der Waals surface area contributed by atoms with E-state index in [4.69, 9.17) is 14.0 Å². The number of hydrogen-bond acceptors (Lipinski definition) is 6. The second kappa shape index (κ2) is 8.30. The summed E-state index contributed by atoms with van der Waals surface area (Å²) >= 11 is 0. The SMILES string of the molecule is COc1cc(CCC2CCN(Cc3nc(C4CC4)no3)CC2)cc(OC)c1. The van der Waals surface area contributed by atoms with Crippen molar-refractivity contribution in [2.24, 2.45) is 5.92 Å². The molecule has 1 saturated carbocycles. The van der Waals surface area contributed by atoms with E-state index in [0.29, 0.717) is 5.92 Å². The average molecular weight is 371 g/mol. The lowest BCUT2D eigenvalue weighted by molar-refractivity contribution is 0.155. The van der Waals surface area contributed by atoms with Crippen molar-refractivity contribution in [1.29, 1.82) is 0 Å². The van der Waals surface area contributed by atoms with Gasteiger partial charge >= 0.3 is 0 Å². The summed E-state index contributed by atoms with van der Waals surface area (Å²) in [5.74, 6) is 4.74. The Morgan fingerprint density at radius 1 is 1.04 bits per heavy atom. The lowest BCUT2D eigenvalue weighted by atomic mass is 9.90. The number of nitrogens with zero attached hydrogens (tertiary/aromatic N) is 3. The molecule has 0 radical (unpaired) electrons. The van der Waals surface area contributed by atoms with Gasteiger partial charge < -0.3 is 14.0 Å². The first kappa shape index (κ1) is 18.3. The van der Waals surface area contributed by atoms with E-state index >= 15 is 0 Å². The van der Waals surface area contributed by atoms with Gasteiger partial charge in [0.25, 0.3) is 0 Å². The summed E-state index contributed by atoms with van der Waals surface area (Å²) in [6.07, 6.45) is 7.14. The Morgan fingerprint density at radius 2 is 1.74 bits per heavy atom. The Bertz CT molecular complexity index is 727. The van der Waals surface area contributed by atoms with Crippen LogP contribution in [0.3, 0.4) is 0 Å². The van der Waals surface area contributed by atoms with E-state index in [1.54, 1.807) is 14.2 Å². The molecule has 0 amide bonds. The average Bonchev–Trinajstić information content (AvgIpc) is 3.46. The number of benzene rings is 1. The number of ether oxygens (including phenoxy) is 2. The summed E-state index contributed by atoms with van der Waals surface area (Å²) in [6, 6.07) is 6.16. The summed E-state index contributed by atoms with van der Waals surface area (Å²) in [7, 11) is 3.40. The largest absolute Gasteiger partial charge is 0.497 e. The lowest BCUT2D eigenvalue weighted by Gasteiger charge is -2.31. The van der Waals surface area contributed by atoms with Crippen molar-refractivity contribution >= 4 is 0 Å². The van der Waals surface area contributed by atoms with Crippen LogP contribution < -0.4 is 9.47 Å². The lowest BCUT2D eigenvalue weighted by Crippen LogP contribution is -2.33. The fourth-order valence-corrected chi connectivity index (χ4v) is 3.85. The Balaban J connectivity index is 1.23. The number of aryl methyl sites for hydroxylation is 1. The molecule has 0 bridgehead atoms. The van der Waals surface area contributed by atoms with E-state index in [9.17, 15) is 0 Å². The Hall–Kier alpha value is -2.08. The highest BCUT2D eigenvalue weighted by Crippen LogP contribution is 2.38. The molecular weight excluding hydrogens is 342 g/mol. The van der Waals surface area contributed by atoms with Gasteiger partial charge in [-0.05, 0) is 75.2 Å². The summed E-state index contributed by atoms with van der Waals surface area (Å²) in [4.78, 5) is 6.99. The van der Waals surface area contributed by atoms with Gasteiger partial charge in [0.2, 0.25) is 5.89 Å². The molecule has 27 heavy (non-hydrogen) atoms. The van der Waals surface area contributed by atoms with Crippen LogP contribution in [-0.2, 0) is 13.0 Å². The number of methoxy groups -OCH3 is 2. The van der Waals surface area contributed by atoms with Gasteiger partial charge in [-0.2, -0.15) is 4.98 Å². The molecule has 4 rings (SSSR count). The fraction of sp³-hybridized carbons (Fsp3) is 0.619. The molecule has 2 heterocycles. The Morgan fingerprint density at radius 3 is 2.37 bits per heavy atom. The van der Waals surface area contributed by atoms with Crippen molar-refractivity contribution < 1.29 is 14.0 Å². The standard InChI is InChI=1S/C21H29N3O3/c1-25-18-11-16(12-19(13-18)26-2)4-3-15-7-9-24(10-8-15)14-20-22-21(23-27-20)17-5-6-17/h11-13,15,17H,3-10,14H2,1-2H3. The molecule has 2 fully saturated rings. The number of rotatable bonds is 8. The maximum Gasteiger partial charge on any atom is 0.240 e. The van der Waals surface area contributed by atoms with E-state index in [0.717, 1.165) is 55.2 Å². The van der Waals surface area contributed by atoms with Crippen LogP contribution in [0.5, 0.6) is 11.5 Å². The van der Waals surface area contributed by atoms with Gasteiger partial charge in [0.15, 0.2) is 5.82 Å². The summed E-state index contributed by atoms with van der Waals surface area (Å²) in [6.45, 7) is 3.00. The molecule has 1 aromatic carbocycles. The van der Waals surface area contributed by atoms with Gasteiger partial charge in [-0.3, -0.25) is 4.90 Å². The highest BCUT2D eigenvalue weighted by molar-refractivity contribution is 5.38. The molecule has 1 aromatic heterocycles. The highest BCUT2D eigenvalue weighted by atomic mass is 16.5. The summed E-state index contributed by atoms with van der Waals surface area (Å²) < 4.78 is 16.2. The van der Waals surface area contributed by atoms with Gasteiger partial charge in [0.05, 0.1) is 20.8 Å². The first-order valence-corrected chi connectivity index (χ1v) is 10.0.